The lowest BCUT2D eigenvalue weighted by Crippen LogP contribution is -2.58. The van der Waals surface area contributed by atoms with Gasteiger partial charge in [-0.1, -0.05) is 12.1 Å². The van der Waals surface area contributed by atoms with E-state index in [2.05, 4.69) is 16.0 Å². The molecule has 2 aliphatic rings. The van der Waals surface area contributed by atoms with Crippen LogP contribution in [0.1, 0.15) is 36.8 Å². The Kier molecular flexibility index (Phi) is 10.6. The molecule has 2 aliphatic heterocycles. The molecule has 2 heterocycles. The van der Waals surface area contributed by atoms with E-state index in [9.17, 15) is 29.4 Å². The smallest absolute Gasteiger partial charge is 0.246 e. The molecule has 2 aromatic carbocycles. The number of carbonyl (C=O) groups excluding carboxylic acids is 4. The van der Waals surface area contributed by atoms with Gasteiger partial charge in [-0.25, -0.2) is 0 Å². The molecule has 0 saturated carbocycles. The van der Waals surface area contributed by atoms with Crippen molar-refractivity contribution < 1.29 is 29.4 Å². The highest BCUT2D eigenvalue weighted by Gasteiger charge is 2.38. The zero-order chi connectivity index (χ0) is 31.1. The Labute approximate surface area is 250 Å². The van der Waals surface area contributed by atoms with Crippen molar-refractivity contribution in [1.82, 2.24) is 20.9 Å². The summed E-state index contributed by atoms with van der Waals surface area (Å²) < 4.78 is 0. The summed E-state index contributed by atoms with van der Waals surface area (Å²) in [4.78, 5) is 55.1. The SMILES string of the molecule is NCCC[C@@H]1NC(=O)[C@@H](N)Cc2cc(ccc2O)-c2ccc(O)c(c2)C[C@@H](C(=O)N2CCC[C@H]2C(=O)NCCN)NC1=O. The van der Waals surface area contributed by atoms with Gasteiger partial charge < -0.3 is 48.3 Å². The van der Waals surface area contributed by atoms with Gasteiger partial charge in [-0.05, 0) is 78.7 Å². The van der Waals surface area contributed by atoms with Gasteiger partial charge in [0.25, 0.3) is 0 Å². The number of nitrogens with one attached hydrogen (secondary N) is 3. The maximum Gasteiger partial charge on any atom is 0.246 e. The van der Waals surface area contributed by atoms with Gasteiger partial charge in [-0.15, -0.1) is 0 Å². The van der Waals surface area contributed by atoms with E-state index >= 15 is 0 Å². The summed E-state index contributed by atoms with van der Waals surface area (Å²) in [5.41, 5.74) is 19.6. The summed E-state index contributed by atoms with van der Waals surface area (Å²) in [6.45, 7) is 1.10. The van der Waals surface area contributed by atoms with Crippen LogP contribution in [0.2, 0.25) is 0 Å². The number of nitrogens with zero attached hydrogens (tertiary/aromatic N) is 1. The predicted molar refractivity (Wildman–Crippen MR) is 160 cm³/mol. The minimum absolute atomic E-state index is 0.00531. The third-order valence-electron chi connectivity index (χ3n) is 7.92. The zero-order valence-electron chi connectivity index (χ0n) is 24.1. The summed E-state index contributed by atoms with van der Waals surface area (Å²) in [7, 11) is 0. The summed E-state index contributed by atoms with van der Waals surface area (Å²) in [5, 5.41) is 29.5. The first-order chi connectivity index (χ1) is 20.6. The van der Waals surface area contributed by atoms with E-state index < -0.39 is 41.9 Å². The van der Waals surface area contributed by atoms with E-state index in [0.29, 0.717) is 48.1 Å². The Morgan fingerprint density at radius 2 is 1.58 bits per heavy atom. The number of amides is 4. The van der Waals surface area contributed by atoms with Crippen LogP contribution in [-0.2, 0) is 32.0 Å². The van der Waals surface area contributed by atoms with Crippen molar-refractivity contribution >= 4 is 23.6 Å². The molecule has 1 saturated heterocycles. The van der Waals surface area contributed by atoms with Gasteiger partial charge in [0.05, 0.1) is 6.04 Å². The average Bonchev–Trinajstić information content (AvgIpc) is 3.49. The largest absolute Gasteiger partial charge is 0.508 e. The number of likely N-dealkylation sites (tertiary alicyclic amines) is 1. The monoisotopic (exact) mass is 595 g/mol. The standard InChI is InChI=1S/C30H41N7O6/c31-9-1-3-22-28(41)36-23(30(43)37-12-2-4-24(37)29(42)34-11-10-32)16-20-14-18(6-8-26(20)39)17-5-7-25(38)19(13-17)15-21(33)27(40)35-22/h5-8,13-14,21-24,38-39H,1-4,9-12,15-16,31-33H2,(H,34,42)(H,35,40)(H,36,41)/t21-,22-,23-,24-/m0/s1. The summed E-state index contributed by atoms with van der Waals surface area (Å²) in [5.74, 6) is -2.14. The Hall–Kier alpha value is -4.20. The molecule has 4 atom stereocenters. The van der Waals surface area contributed by atoms with Crippen LogP contribution in [0, 0.1) is 0 Å². The average molecular weight is 596 g/mol. The number of phenols is 2. The molecule has 4 amide bonds. The zero-order valence-corrected chi connectivity index (χ0v) is 24.1. The van der Waals surface area contributed by atoms with Crippen molar-refractivity contribution in [2.45, 2.75) is 62.7 Å². The van der Waals surface area contributed by atoms with Crippen LogP contribution in [0.4, 0.5) is 0 Å². The molecule has 4 rings (SSSR count). The van der Waals surface area contributed by atoms with E-state index in [4.69, 9.17) is 17.2 Å². The lowest BCUT2D eigenvalue weighted by atomic mass is 9.95. The van der Waals surface area contributed by atoms with Crippen LogP contribution in [0.25, 0.3) is 11.1 Å². The highest BCUT2D eigenvalue weighted by molar-refractivity contribution is 5.95. The topological polar surface area (TPSA) is 226 Å². The van der Waals surface area contributed by atoms with Gasteiger partial charge in [0.2, 0.25) is 23.6 Å². The second-order valence-electron chi connectivity index (χ2n) is 11.0. The van der Waals surface area contributed by atoms with E-state index in [1.54, 1.807) is 24.3 Å². The molecule has 232 valence electrons. The number of benzene rings is 2. The van der Waals surface area contributed by atoms with Gasteiger partial charge in [0, 0.05) is 32.5 Å². The molecular formula is C30H41N7O6. The van der Waals surface area contributed by atoms with Crippen LogP contribution in [-0.4, -0.2) is 89.1 Å². The maximum absolute atomic E-state index is 14.0. The highest BCUT2D eigenvalue weighted by atomic mass is 16.3. The van der Waals surface area contributed by atoms with Crippen LogP contribution >= 0.6 is 0 Å². The first kappa shape index (κ1) is 31.7. The normalized spacial score (nSPS) is 22.6. The third-order valence-corrected chi connectivity index (χ3v) is 7.92. The minimum Gasteiger partial charge on any atom is -0.508 e. The summed E-state index contributed by atoms with van der Waals surface area (Å²) in [6.07, 6.45) is 1.58. The molecule has 0 radical (unpaired) electrons. The van der Waals surface area contributed by atoms with Crippen LogP contribution < -0.4 is 33.2 Å². The van der Waals surface area contributed by atoms with Crippen molar-refractivity contribution in [3.8, 4) is 22.6 Å². The molecule has 13 heteroatoms. The van der Waals surface area contributed by atoms with Crippen LogP contribution in [0.15, 0.2) is 36.4 Å². The Morgan fingerprint density at radius 1 is 0.930 bits per heavy atom. The number of fused-ring (bicyclic) bond motifs is 5. The first-order valence-electron chi connectivity index (χ1n) is 14.6. The van der Waals surface area contributed by atoms with Crippen molar-refractivity contribution in [3.63, 3.8) is 0 Å². The second kappa shape index (κ2) is 14.3. The second-order valence-corrected chi connectivity index (χ2v) is 11.0. The molecule has 0 spiro atoms. The van der Waals surface area contributed by atoms with Crippen LogP contribution in [0.5, 0.6) is 11.5 Å². The number of nitrogens with two attached hydrogens (primary N) is 3. The van der Waals surface area contributed by atoms with Gasteiger partial charge in [0.1, 0.15) is 29.6 Å². The molecule has 4 bridgehead atoms. The van der Waals surface area contributed by atoms with E-state index in [0.717, 1.165) is 0 Å². The van der Waals surface area contributed by atoms with E-state index in [-0.39, 0.29) is 56.3 Å². The van der Waals surface area contributed by atoms with Gasteiger partial charge >= 0.3 is 0 Å². The number of hydrogen-bond donors (Lipinski definition) is 8. The summed E-state index contributed by atoms with van der Waals surface area (Å²) >= 11 is 0. The molecule has 0 aliphatic carbocycles. The van der Waals surface area contributed by atoms with Crippen molar-refractivity contribution in [3.05, 3.63) is 47.5 Å². The quantitative estimate of drug-likeness (QED) is 0.195. The van der Waals surface area contributed by atoms with Gasteiger partial charge in [0.15, 0.2) is 0 Å². The summed E-state index contributed by atoms with van der Waals surface area (Å²) in [6, 6.07) is 5.79. The lowest BCUT2D eigenvalue weighted by molar-refractivity contribution is -0.141. The van der Waals surface area contributed by atoms with Crippen molar-refractivity contribution in [2.75, 3.05) is 26.2 Å². The van der Waals surface area contributed by atoms with Crippen molar-refractivity contribution in [1.29, 1.82) is 0 Å². The first-order valence-corrected chi connectivity index (χ1v) is 14.6. The molecule has 0 aromatic heterocycles. The number of aromatic hydroxyl groups is 2. The number of hydrogen-bond acceptors (Lipinski definition) is 9. The van der Waals surface area contributed by atoms with E-state index in [1.165, 1.54) is 17.0 Å². The fraction of sp³-hybridized carbons (Fsp3) is 0.467. The highest BCUT2D eigenvalue weighted by Crippen LogP contribution is 2.31. The maximum atomic E-state index is 14.0. The molecule has 0 unspecified atom stereocenters. The fourth-order valence-corrected chi connectivity index (χ4v) is 5.57. The number of phenolic OH excluding ortho intramolecular Hbond substituents is 2. The lowest BCUT2D eigenvalue weighted by Gasteiger charge is -2.30. The molecule has 13 nitrogen and oxygen atoms in total. The van der Waals surface area contributed by atoms with Gasteiger partial charge in [-0.2, -0.15) is 0 Å². The molecule has 43 heavy (non-hydrogen) atoms. The minimum atomic E-state index is -1.16. The molecule has 11 N–H and O–H groups in total. The molecule has 1 fully saturated rings. The van der Waals surface area contributed by atoms with Gasteiger partial charge in [-0.3, -0.25) is 19.2 Å². The molecule has 2 aromatic rings. The Bertz CT molecular complexity index is 1350. The number of carbonyl (C=O) groups is 4. The fourth-order valence-electron chi connectivity index (χ4n) is 5.57. The molecular weight excluding hydrogens is 554 g/mol. The number of rotatable bonds is 7. The predicted octanol–water partition coefficient (Wildman–Crippen LogP) is -1.03. The van der Waals surface area contributed by atoms with Crippen LogP contribution in [0.3, 0.4) is 0 Å². The Morgan fingerprint density at radius 3 is 2.21 bits per heavy atom. The van der Waals surface area contributed by atoms with Crippen molar-refractivity contribution in [2.24, 2.45) is 17.2 Å². The Balaban J connectivity index is 1.76. The third kappa shape index (κ3) is 7.61. The van der Waals surface area contributed by atoms with E-state index in [1.807, 2.05) is 0 Å².